The number of para-hydroxylation sites is 1. The van der Waals surface area contributed by atoms with Crippen LogP contribution >= 0.6 is 0 Å². The van der Waals surface area contributed by atoms with E-state index in [-0.39, 0.29) is 56.7 Å². The number of carbonyl (C=O) groups is 3. The maximum absolute atomic E-state index is 13.5. The summed E-state index contributed by atoms with van der Waals surface area (Å²) in [5, 5.41) is 5.55. The SMILES string of the molecule is CC(C(=O)N1CCCNC(=O)c2ncccc2OCCNC(=O)CCC1)N(c1ccccc1)S(C)(=O)=O. The molecule has 0 saturated carbocycles. The van der Waals surface area contributed by atoms with Gasteiger partial charge in [-0.3, -0.25) is 18.7 Å². The summed E-state index contributed by atoms with van der Waals surface area (Å²) < 4.78 is 32.0. The van der Waals surface area contributed by atoms with Crippen LogP contribution in [0.3, 0.4) is 0 Å². The second-order valence-electron chi connectivity index (χ2n) is 8.66. The topological polar surface area (TPSA) is 138 Å². The molecule has 0 fully saturated rings. The molecule has 2 aromatic rings. The maximum atomic E-state index is 13.5. The fourth-order valence-corrected chi connectivity index (χ4v) is 5.25. The quantitative estimate of drug-likeness (QED) is 0.604. The zero-order chi connectivity index (χ0) is 26.8. The van der Waals surface area contributed by atoms with Crippen molar-refractivity contribution in [2.45, 2.75) is 32.2 Å². The molecule has 3 rings (SSSR count). The number of aromatic nitrogens is 1. The van der Waals surface area contributed by atoms with Gasteiger partial charge in [0.2, 0.25) is 21.8 Å². The lowest BCUT2D eigenvalue weighted by molar-refractivity contribution is -0.132. The van der Waals surface area contributed by atoms with Crippen LogP contribution < -0.4 is 19.7 Å². The third kappa shape index (κ3) is 7.91. The minimum Gasteiger partial charge on any atom is -0.489 e. The van der Waals surface area contributed by atoms with Crippen molar-refractivity contribution in [1.29, 1.82) is 0 Å². The van der Waals surface area contributed by atoms with Crippen LogP contribution in [0.5, 0.6) is 5.75 Å². The molecule has 1 aliphatic rings. The van der Waals surface area contributed by atoms with E-state index in [2.05, 4.69) is 15.6 Å². The van der Waals surface area contributed by atoms with Crippen LogP contribution in [0, 0.1) is 0 Å². The highest BCUT2D eigenvalue weighted by Gasteiger charge is 2.32. The number of nitrogens with zero attached hydrogens (tertiary/aromatic N) is 3. The fourth-order valence-electron chi connectivity index (χ4n) is 4.08. The molecule has 0 radical (unpaired) electrons. The van der Waals surface area contributed by atoms with Gasteiger partial charge in [0.1, 0.15) is 12.6 Å². The molecule has 0 saturated heterocycles. The van der Waals surface area contributed by atoms with Crippen molar-refractivity contribution < 1.29 is 27.5 Å². The number of carbonyl (C=O) groups excluding carboxylic acids is 3. The summed E-state index contributed by atoms with van der Waals surface area (Å²) in [7, 11) is -3.76. The third-order valence-electron chi connectivity index (χ3n) is 5.78. The Labute approximate surface area is 217 Å². The molecule has 0 aliphatic carbocycles. The van der Waals surface area contributed by atoms with Crippen LogP contribution in [0.25, 0.3) is 0 Å². The number of fused-ring (bicyclic) bond motifs is 1. The lowest BCUT2D eigenvalue weighted by Gasteiger charge is -2.33. The van der Waals surface area contributed by atoms with Gasteiger partial charge in [-0.1, -0.05) is 18.2 Å². The normalized spacial score (nSPS) is 17.0. The molecule has 12 heteroatoms. The molecule has 1 aromatic carbocycles. The number of amides is 3. The Morgan fingerprint density at radius 2 is 1.78 bits per heavy atom. The van der Waals surface area contributed by atoms with E-state index in [1.807, 2.05) is 0 Å². The van der Waals surface area contributed by atoms with Crippen molar-refractivity contribution in [3.05, 3.63) is 54.4 Å². The summed E-state index contributed by atoms with van der Waals surface area (Å²) >= 11 is 0. The van der Waals surface area contributed by atoms with Crippen molar-refractivity contribution in [1.82, 2.24) is 20.5 Å². The average molecular weight is 532 g/mol. The van der Waals surface area contributed by atoms with E-state index in [4.69, 9.17) is 4.74 Å². The Hall–Kier alpha value is -3.67. The molecule has 1 atom stereocenters. The minimum atomic E-state index is -3.76. The number of ether oxygens (including phenoxy) is 1. The van der Waals surface area contributed by atoms with Gasteiger partial charge >= 0.3 is 0 Å². The van der Waals surface area contributed by atoms with Crippen molar-refractivity contribution >= 4 is 33.4 Å². The third-order valence-corrected chi connectivity index (χ3v) is 7.02. The van der Waals surface area contributed by atoms with Crippen LogP contribution in [0.1, 0.15) is 36.7 Å². The summed E-state index contributed by atoms with van der Waals surface area (Å²) in [6.07, 6.45) is 3.57. The standard InChI is InChI=1S/C25H33N5O6S/c1-19(30(37(2,34)35)20-9-4-3-5-10-20)25(33)29-16-7-12-22(31)26-15-18-36-21-11-6-13-27-23(21)24(32)28-14-8-17-29/h3-6,9-11,13,19H,7-8,12,14-18H2,1-2H3,(H,26,31)(H,28,32). The van der Waals surface area contributed by atoms with E-state index in [1.54, 1.807) is 54.3 Å². The molecule has 2 heterocycles. The molecule has 11 nitrogen and oxygen atoms in total. The van der Waals surface area contributed by atoms with Gasteiger partial charge in [-0.05, 0) is 44.0 Å². The number of rotatable bonds is 4. The predicted octanol–water partition coefficient (Wildman–Crippen LogP) is 1.17. The minimum absolute atomic E-state index is 0.133. The molecular weight excluding hydrogens is 498 g/mol. The molecule has 3 amide bonds. The van der Waals surface area contributed by atoms with E-state index in [9.17, 15) is 22.8 Å². The van der Waals surface area contributed by atoms with E-state index in [0.717, 1.165) is 10.6 Å². The first-order valence-electron chi connectivity index (χ1n) is 12.1. The van der Waals surface area contributed by atoms with Gasteiger partial charge in [0, 0.05) is 32.3 Å². The van der Waals surface area contributed by atoms with Gasteiger partial charge in [-0.15, -0.1) is 0 Å². The molecule has 0 spiro atoms. The number of anilines is 1. The molecule has 200 valence electrons. The van der Waals surface area contributed by atoms with Gasteiger partial charge in [0.15, 0.2) is 11.4 Å². The second kappa shape index (κ2) is 13.0. The lowest BCUT2D eigenvalue weighted by atomic mass is 10.2. The molecule has 0 bridgehead atoms. The summed E-state index contributed by atoms with van der Waals surface area (Å²) in [5.41, 5.74) is 0.523. The van der Waals surface area contributed by atoms with Gasteiger partial charge in [0.25, 0.3) is 5.91 Å². The summed E-state index contributed by atoms with van der Waals surface area (Å²) in [6, 6.07) is 10.7. The predicted molar refractivity (Wildman–Crippen MR) is 139 cm³/mol. The van der Waals surface area contributed by atoms with Crippen molar-refractivity contribution in [3.63, 3.8) is 0 Å². The van der Waals surface area contributed by atoms with Crippen LogP contribution in [0.4, 0.5) is 5.69 Å². The first-order chi connectivity index (χ1) is 17.7. The van der Waals surface area contributed by atoms with Crippen LogP contribution in [0.2, 0.25) is 0 Å². The molecule has 1 aromatic heterocycles. The van der Waals surface area contributed by atoms with Crippen molar-refractivity contribution in [3.8, 4) is 5.75 Å². The smallest absolute Gasteiger partial charge is 0.273 e. The Balaban J connectivity index is 1.77. The van der Waals surface area contributed by atoms with Crippen LogP contribution in [0.15, 0.2) is 48.7 Å². The molecular formula is C25H33N5O6S. The number of pyridine rings is 1. The van der Waals surface area contributed by atoms with Gasteiger partial charge < -0.3 is 20.3 Å². The number of sulfonamides is 1. The van der Waals surface area contributed by atoms with Crippen LogP contribution in [-0.2, 0) is 19.6 Å². The van der Waals surface area contributed by atoms with Gasteiger partial charge in [-0.25, -0.2) is 13.4 Å². The van der Waals surface area contributed by atoms with Crippen molar-refractivity contribution in [2.75, 3.05) is 43.3 Å². The monoisotopic (exact) mass is 531 g/mol. The summed E-state index contributed by atoms with van der Waals surface area (Å²) in [4.78, 5) is 44.1. The average Bonchev–Trinajstić information content (AvgIpc) is 2.87. The highest BCUT2D eigenvalue weighted by molar-refractivity contribution is 7.92. The molecule has 37 heavy (non-hydrogen) atoms. The Kier molecular flexibility index (Phi) is 9.84. The van der Waals surface area contributed by atoms with E-state index >= 15 is 0 Å². The van der Waals surface area contributed by atoms with Crippen molar-refractivity contribution in [2.24, 2.45) is 0 Å². The first kappa shape index (κ1) is 27.9. The second-order valence-corrected chi connectivity index (χ2v) is 10.5. The Morgan fingerprint density at radius 1 is 1.05 bits per heavy atom. The van der Waals surface area contributed by atoms with E-state index in [0.29, 0.717) is 24.3 Å². The fraction of sp³-hybridized carbons (Fsp3) is 0.440. The van der Waals surface area contributed by atoms with E-state index < -0.39 is 22.0 Å². The highest BCUT2D eigenvalue weighted by atomic mass is 32.2. The molecule has 2 N–H and O–H groups in total. The number of hydrogen-bond acceptors (Lipinski definition) is 7. The maximum Gasteiger partial charge on any atom is 0.273 e. The zero-order valence-corrected chi connectivity index (χ0v) is 21.9. The molecule has 1 aliphatic heterocycles. The van der Waals surface area contributed by atoms with Gasteiger partial charge in [-0.2, -0.15) is 0 Å². The summed E-state index contributed by atoms with van der Waals surface area (Å²) in [5.74, 6) is -0.677. The number of nitrogens with one attached hydrogen (secondary N) is 2. The van der Waals surface area contributed by atoms with E-state index in [1.165, 1.54) is 6.20 Å². The summed E-state index contributed by atoms with van der Waals surface area (Å²) in [6.45, 7) is 2.75. The van der Waals surface area contributed by atoms with Gasteiger partial charge in [0.05, 0.1) is 18.5 Å². The Bertz CT molecular complexity index is 1190. The number of benzene rings is 1. The number of hydrogen-bond donors (Lipinski definition) is 2. The Morgan fingerprint density at radius 3 is 2.51 bits per heavy atom. The molecule has 1 unspecified atom stereocenters. The van der Waals surface area contributed by atoms with Crippen LogP contribution in [-0.4, -0.2) is 81.1 Å². The lowest BCUT2D eigenvalue weighted by Crippen LogP contribution is -2.50. The first-order valence-corrected chi connectivity index (χ1v) is 14.0. The highest BCUT2D eigenvalue weighted by Crippen LogP contribution is 2.21. The largest absolute Gasteiger partial charge is 0.489 e. The zero-order valence-electron chi connectivity index (χ0n) is 21.1.